The number of carboxylic acids is 1. The van der Waals surface area contributed by atoms with Crippen molar-refractivity contribution in [2.24, 2.45) is 0 Å². The van der Waals surface area contributed by atoms with E-state index in [4.69, 9.17) is 9.52 Å². The van der Waals surface area contributed by atoms with Crippen molar-refractivity contribution in [3.8, 4) is 0 Å². The Kier molecular flexibility index (Phi) is 4.73. The van der Waals surface area contributed by atoms with E-state index in [0.29, 0.717) is 31.5 Å². The number of rotatable bonds is 4. The van der Waals surface area contributed by atoms with Crippen LogP contribution >= 0.6 is 0 Å². The van der Waals surface area contributed by atoms with Crippen LogP contribution < -0.4 is 5.32 Å². The lowest BCUT2D eigenvalue weighted by molar-refractivity contribution is 0.0679. The number of hydrogen-bond acceptors (Lipinski definition) is 6. The van der Waals surface area contributed by atoms with Gasteiger partial charge in [0.05, 0.1) is 24.2 Å². The highest BCUT2D eigenvalue weighted by molar-refractivity contribution is 5.94. The van der Waals surface area contributed by atoms with Crippen LogP contribution in [-0.4, -0.2) is 56.9 Å². The number of nitrogens with one attached hydrogen (secondary N) is 1. The van der Waals surface area contributed by atoms with Crippen LogP contribution in [0.3, 0.4) is 0 Å². The molecular formula is C16H16N4O5. The summed E-state index contributed by atoms with van der Waals surface area (Å²) in [5.41, 5.74) is 0.348. The van der Waals surface area contributed by atoms with Crippen molar-refractivity contribution in [1.82, 2.24) is 20.2 Å². The van der Waals surface area contributed by atoms with Crippen molar-refractivity contribution < 1.29 is 23.9 Å². The molecule has 0 radical (unpaired) electrons. The van der Waals surface area contributed by atoms with E-state index in [-0.39, 0.29) is 23.3 Å². The first-order valence-corrected chi connectivity index (χ1v) is 7.72. The summed E-state index contributed by atoms with van der Waals surface area (Å²) in [6, 6.07) is 1.54. The first-order chi connectivity index (χ1) is 12.0. The third-order valence-corrected chi connectivity index (χ3v) is 3.99. The van der Waals surface area contributed by atoms with E-state index in [2.05, 4.69) is 15.3 Å². The maximum Gasteiger partial charge on any atom is 0.356 e. The average Bonchev–Trinajstić information content (AvgIpc) is 3.16. The first-order valence-electron chi connectivity index (χ1n) is 7.72. The summed E-state index contributed by atoms with van der Waals surface area (Å²) in [4.78, 5) is 44.3. The highest BCUT2D eigenvalue weighted by atomic mass is 16.4. The Morgan fingerprint density at radius 1 is 1.16 bits per heavy atom. The number of carbonyl (C=O) groups is 3. The summed E-state index contributed by atoms with van der Waals surface area (Å²) in [5, 5.41) is 11.6. The van der Waals surface area contributed by atoms with Crippen LogP contribution in [0.2, 0.25) is 0 Å². The number of nitrogens with zero attached hydrogens (tertiary/aromatic N) is 3. The minimum Gasteiger partial charge on any atom is -0.476 e. The molecule has 0 atom stereocenters. The molecule has 1 aliphatic heterocycles. The van der Waals surface area contributed by atoms with Crippen LogP contribution in [0.1, 0.15) is 44.2 Å². The van der Waals surface area contributed by atoms with E-state index in [1.165, 1.54) is 12.5 Å². The molecule has 1 fully saturated rings. The van der Waals surface area contributed by atoms with Crippen LogP contribution in [0.15, 0.2) is 35.4 Å². The molecule has 0 aliphatic carbocycles. The van der Waals surface area contributed by atoms with Gasteiger partial charge in [0, 0.05) is 19.1 Å². The monoisotopic (exact) mass is 344 g/mol. The second-order valence-corrected chi connectivity index (χ2v) is 5.64. The van der Waals surface area contributed by atoms with Crippen LogP contribution in [0.4, 0.5) is 0 Å². The lowest BCUT2D eigenvalue weighted by Crippen LogP contribution is -2.46. The fraction of sp³-hybridized carbons (Fsp3) is 0.312. The maximum absolute atomic E-state index is 12.2. The van der Waals surface area contributed by atoms with E-state index in [9.17, 15) is 14.4 Å². The normalized spacial score (nSPS) is 15.0. The average molecular weight is 344 g/mol. The second kappa shape index (κ2) is 7.12. The maximum atomic E-state index is 12.2. The zero-order chi connectivity index (χ0) is 17.8. The van der Waals surface area contributed by atoms with Gasteiger partial charge in [0.2, 0.25) is 0 Å². The Balaban J connectivity index is 1.52. The third-order valence-electron chi connectivity index (χ3n) is 3.99. The lowest BCUT2D eigenvalue weighted by atomic mass is 10.0. The molecule has 0 saturated carbocycles. The number of amides is 2. The van der Waals surface area contributed by atoms with Gasteiger partial charge in [0.1, 0.15) is 12.0 Å². The summed E-state index contributed by atoms with van der Waals surface area (Å²) < 4.78 is 4.92. The largest absolute Gasteiger partial charge is 0.476 e. The molecule has 130 valence electrons. The van der Waals surface area contributed by atoms with E-state index >= 15 is 0 Å². The van der Waals surface area contributed by atoms with E-state index in [1.807, 2.05) is 0 Å². The van der Waals surface area contributed by atoms with E-state index < -0.39 is 11.9 Å². The van der Waals surface area contributed by atoms with Gasteiger partial charge in [-0.25, -0.2) is 14.8 Å². The van der Waals surface area contributed by atoms with Gasteiger partial charge < -0.3 is 19.7 Å². The molecule has 9 nitrogen and oxygen atoms in total. The molecule has 2 amide bonds. The Morgan fingerprint density at radius 3 is 2.40 bits per heavy atom. The standard InChI is InChI=1S/C16H16N4O5/c21-14(12-7-18-13(8-17-12)16(23)24)19-11-1-4-20(5-2-11)15(22)10-3-6-25-9-10/h3,6-9,11H,1-2,4-5H2,(H,19,21)(H,23,24). The Morgan fingerprint density at radius 2 is 1.84 bits per heavy atom. The zero-order valence-corrected chi connectivity index (χ0v) is 13.2. The van der Waals surface area contributed by atoms with Crippen molar-refractivity contribution in [3.63, 3.8) is 0 Å². The van der Waals surface area contributed by atoms with Gasteiger partial charge >= 0.3 is 5.97 Å². The molecule has 0 unspecified atom stereocenters. The van der Waals surface area contributed by atoms with E-state index in [0.717, 1.165) is 12.4 Å². The zero-order valence-electron chi connectivity index (χ0n) is 13.2. The van der Waals surface area contributed by atoms with Crippen LogP contribution in [0.25, 0.3) is 0 Å². The van der Waals surface area contributed by atoms with Crippen molar-refractivity contribution in [2.75, 3.05) is 13.1 Å². The number of piperidine rings is 1. The van der Waals surface area contributed by atoms with Crippen LogP contribution in [0.5, 0.6) is 0 Å². The number of furan rings is 1. The fourth-order valence-electron chi connectivity index (χ4n) is 2.61. The van der Waals surface area contributed by atoms with Gasteiger partial charge in [-0.3, -0.25) is 9.59 Å². The van der Waals surface area contributed by atoms with Crippen LogP contribution in [0, 0.1) is 0 Å². The predicted molar refractivity (Wildman–Crippen MR) is 84.1 cm³/mol. The number of aromatic carboxylic acids is 1. The Hall–Kier alpha value is -3.23. The van der Waals surface area contributed by atoms with Gasteiger partial charge in [-0.05, 0) is 18.9 Å². The number of likely N-dealkylation sites (tertiary alicyclic amines) is 1. The highest BCUT2D eigenvalue weighted by Gasteiger charge is 2.25. The molecule has 2 aromatic rings. The number of carbonyl (C=O) groups excluding carboxylic acids is 2. The molecular weight excluding hydrogens is 328 g/mol. The molecule has 0 aromatic carbocycles. The number of carboxylic acid groups (broad SMARTS) is 1. The molecule has 1 saturated heterocycles. The van der Waals surface area contributed by atoms with Crippen molar-refractivity contribution in [2.45, 2.75) is 18.9 Å². The molecule has 0 bridgehead atoms. The van der Waals surface area contributed by atoms with Crippen LogP contribution in [-0.2, 0) is 0 Å². The minimum absolute atomic E-state index is 0.0573. The third kappa shape index (κ3) is 3.82. The minimum atomic E-state index is -1.20. The van der Waals surface area contributed by atoms with Gasteiger partial charge in [0.15, 0.2) is 5.69 Å². The number of hydrogen-bond donors (Lipinski definition) is 2. The molecule has 2 N–H and O–H groups in total. The molecule has 3 heterocycles. The van der Waals surface area contributed by atoms with Gasteiger partial charge in [0.25, 0.3) is 11.8 Å². The summed E-state index contributed by atoms with van der Waals surface area (Å²) in [5.74, 6) is -1.70. The summed E-state index contributed by atoms with van der Waals surface area (Å²) >= 11 is 0. The number of aromatic nitrogens is 2. The first kappa shape index (κ1) is 16.6. The van der Waals surface area contributed by atoms with Crippen molar-refractivity contribution in [3.05, 3.63) is 47.9 Å². The van der Waals surface area contributed by atoms with Crippen molar-refractivity contribution in [1.29, 1.82) is 0 Å². The van der Waals surface area contributed by atoms with Gasteiger partial charge in [-0.2, -0.15) is 0 Å². The molecule has 9 heteroatoms. The molecule has 0 spiro atoms. The lowest BCUT2D eigenvalue weighted by Gasteiger charge is -2.32. The quantitative estimate of drug-likeness (QED) is 0.840. The van der Waals surface area contributed by atoms with Crippen molar-refractivity contribution >= 4 is 17.8 Å². The molecule has 1 aliphatic rings. The Bertz CT molecular complexity index is 764. The molecule has 25 heavy (non-hydrogen) atoms. The topological polar surface area (TPSA) is 126 Å². The van der Waals surface area contributed by atoms with Gasteiger partial charge in [-0.15, -0.1) is 0 Å². The molecule has 2 aromatic heterocycles. The fourth-order valence-corrected chi connectivity index (χ4v) is 2.61. The smallest absolute Gasteiger partial charge is 0.356 e. The summed E-state index contributed by atoms with van der Waals surface area (Å²) in [6.45, 7) is 1.05. The SMILES string of the molecule is O=C(O)c1cnc(C(=O)NC2CCN(C(=O)c3ccoc3)CC2)cn1. The molecule has 3 rings (SSSR count). The van der Waals surface area contributed by atoms with E-state index in [1.54, 1.807) is 11.0 Å². The summed E-state index contributed by atoms with van der Waals surface area (Å²) in [7, 11) is 0. The Labute approximate surface area is 142 Å². The predicted octanol–water partition coefficient (Wildman–Crippen LogP) is 0.802. The highest BCUT2D eigenvalue weighted by Crippen LogP contribution is 2.14. The second-order valence-electron chi connectivity index (χ2n) is 5.64. The van der Waals surface area contributed by atoms with Gasteiger partial charge in [-0.1, -0.05) is 0 Å². The summed E-state index contributed by atoms with van der Waals surface area (Å²) in [6.07, 6.45) is 6.29.